The summed E-state index contributed by atoms with van der Waals surface area (Å²) in [6.45, 7) is 3.94. The molecule has 1 atom stereocenters. The normalized spacial score (nSPS) is 13.0. The molecule has 0 heterocycles. The van der Waals surface area contributed by atoms with Gasteiger partial charge in [0.25, 0.3) is 0 Å². The molecule has 0 aliphatic carbocycles. The van der Waals surface area contributed by atoms with Gasteiger partial charge < -0.3 is 14.6 Å². The lowest BCUT2D eigenvalue weighted by Crippen LogP contribution is -2.28. The number of allylic oxidation sites excluding steroid dienone is 22. The number of rotatable bonds is 69. The van der Waals surface area contributed by atoms with Gasteiger partial charge in [0.05, 0.1) is 6.61 Å². The molecule has 0 rings (SSSR count). The Morgan fingerprint density at radius 2 is 0.455 bits per heavy atom. The number of carbonyl (C=O) groups excluding carboxylic acids is 2. The smallest absolute Gasteiger partial charge is 0.306 e. The molecule has 0 aliphatic heterocycles. The number of esters is 2. The first kappa shape index (κ1) is 84.0. The number of hydrogen-bond acceptors (Lipinski definition) is 5. The standard InChI is InChI=1S/C83H142O5/c1-3-5-7-9-11-13-15-17-19-21-23-25-27-29-31-33-35-37-38-39-40-41-42-43-44-46-47-49-51-53-55-57-59-61-63-65-67-69-71-73-75-77-82(85)87-80-81(79-84)88-83(86)78-76-74-72-70-68-66-64-62-60-58-56-54-52-50-48-45-36-34-32-30-28-26-24-22-20-18-16-14-12-10-8-6-4-2/h5-8,11-14,17-20,23-26,30,32,36,45,50,52,81,84H,3-4,9-10,15-16,21-22,27-29,31,33-35,37-44,46-49,51,53-80H2,1-2H3/b7-5-,8-6-,13-11-,14-12-,19-17-,20-18-,25-23-,26-24-,32-30-,45-36-,52-50-. The van der Waals surface area contributed by atoms with E-state index in [0.29, 0.717) is 12.8 Å². The van der Waals surface area contributed by atoms with E-state index in [4.69, 9.17) is 9.47 Å². The van der Waals surface area contributed by atoms with Gasteiger partial charge in [-0.3, -0.25) is 9.59 Å². The van der Waals surface area contributed by atoms with Crippen molar-refractivity contribution in [3.8, 4) is 0 Å². The van der Waals surface area contributed by atoms with E-state index in [1.54, 1.807) is 0 Å². The molecule has 0 bridgehead atoms. The number of aliphatic hydroxyl groups excluding tert-OH is 1. The summed E-state index contributed by atoms with van der Waals surface area (Å²) in [4.78, 5) is 24.7. The number of aliphatic hydroxyl groups is 1. The SMILES string of the molecule is CC/C=C\C/C=C\C/C=C\C/C=C\C/C=C\C/C=C\C/C=C\CCCCCCCCCCCCCC(=O)OC(CO)COC(=O)CCCCCCCCCCCCCCCCCCCCCCCCCCCCCC/C=C\C/C=C\C/C=C\C/C=C\CC. The van der Waals surface area contributed by atoms with E-state index in [0.717, 1.165) is 109 Å². The predicted octanol–water partition coefficient (Wildman–Crippen LogP) is 26.7. The highest BCUT2D eigenvalue weighted by molar-refractivity contribution is 5.70. The topological polar surface area (TPSA) is 72.8 Å². The van der Waals surface area contributed by atoms with Crippen molar-refractivity contribution in [2.24, 2.45) is 0 Å². The van der Waals surface area contributed by atoms with Gasteiger partial charge in [0, 0.05) is 12.8 Å². The quantitative estimate of drug-likeness (QED) is 0.0373. The fraction of sp³-hybridized carbons (Fsp3) is 0.711. The number of ether oxygens (including phenoxy) is 2. The summed E-state index contributed by atoms with van der Waals surface area (Å²) in [5.74, 6) is -0.584. The van der Waals surface area contributed by atoms with E-state index in [1.807, 2.05) is 0 Å². The summed E-state index contributed by atoms with van der Waals surface area (Å²) in [6.07, 6.45) is 115. The van der Waals surface area contributed by atoms with Crippen LogP contribution in [-0.4, -0.2) is 36.4 Å². The summed E-state index contributed by atoms with van der Waals surface area (Å²) < 4.78 is 10.8. The van der Waals surface area contributed by atoms with Crippen LogP contribution in [0.5, 0.6) is 0 Å². The molecule has 0 aromatic carbocycles. The molecule has 0 spiro atoms. The van der Waals surface area contributed by atoms with Crippen molar-refractivity contribution in [3.05, 3.63) is 134 Å². The van der Waals surface area contributed by atoms with E-state index in [2.05, 4.69) is 148 Å². The van der Waals surface area contributed by atoms with Crippen LogP contribution < -0.4 is 0 Å². The van der Waals surface area contributed by atoms with Crippen molar-refractivity contribution in [3.63, 3.8) is 0 Å². The molecule has 88 heavy (non-hydrogen) atoms. The maximum absolute atomic E-state index is 12.4. The zero-order chi connectivity index (χ0) is 63.3. The highest BCUT2D eigenvalue weighted by Crippen LogP contribution is 2.18. The summed E-state index contributed by atoms with van der Waals surface area (Å²) in [6, 6.07) is 0. The van der Waals surface area contributed by atoms with Gasteiger partial charge >= 0.3 is 11.9 Å². The van der Waals surface area contributed by atoms with Crippen LogP contribution in [0.4, 0.5) is 0 Å². The molecule has 1 N–H and O–H groups in total. The molecule has 1 unspecified atom stereocenters. The molecular weight excluding hydrogens is 1080 g/mol. The van der Waals surface area contributed by atoms with Gasteiger partial charge in [-0.25, -0.2) is 0 Å². The molecule has 0 saturated heterocycles. The number of unbranched alkanes of at least 4 members (excludes halogenated alkanes) is 39. The van der Waals surface area contributed by atoms with Crippen LogP contribution in [0.3, 0.4) is 0 Å². The molecule has 5 nitrogen and oxygen atoms in total. The van der Waals surface area contributed by atoms with Crippen molar-refractivity contribution in [2.45, 2.75) is 367 Å². The minimum absolute atomic E-state index is 0.0686. The Labute approximate surface area is 546 Å². The van der Waals surface area contributed by atoms with Crippen LogP contribution in [0, 0.1) is 0 Å². The monoisotopic (exact) mass is 1220 g/mol. The minimum atomic E-state index is -0.781. The molecule has 0 radical (unpaired) electrons. The van der Waals surface area contributed by atoms with Crippen LogP contribution in [0.2, 0.25) is 0 Å². The predicted molar refractivity (Wildman–Crippen MR) is 389 cm³/mol. The third kappa shape index (κ3) is 74.5. The average molecular weight is 1220 g/mol. The highest BCUT2D eigenvalue weighted by atomic mass is 16.6. The molecule has 0 fully saturated rings. The van der Waals surface area contributed by atoms with E-state index in [1.165, 1.54) is 225 Å². The lowest BCUT2D eigenvalue weighted by molar-refractivity contribution is -0.161. The van der Waals surface area contributed by atoms with E-state index in [-0.39, 0.29) is 25.2 Å². The molecule has 0 amide bonds. The second-order valence-corrected chi connectivity index (χ2v) is 25.0. The van der Waals surface area contributed by atoms with Crippen molar-refractivity contribution >= 4 is 11.9 Å². The van der Waals surface area contributed by atoms with Gasteiger partial charge in [-0.05, 0) is 109 Å². The Morgan fingerprint density at radius 3 is 0.682 bits per heavy atom. The first-order chi connectivity index (χ1) is 43.6. The van der Waals surface area contributed by atoms with E-state index >= 15 is 0 Å². The van der Waals surface area contributed by atoms with Gasteiger partial charge in [-0.1, -0.05) is 372 Å². The third-order valence-electron chi connectivity index (χ3n) is 16.4. The lowest BCUT2D eigenvalue weighted by Gasteiger charge is -2.15. The Balaban J connectivity index is 3.44. The average Bonchev–Trinajstić information content (AvgIpc) is 3.56. The molecule has 504 valence electrons. The van der Waals surface area contributed by atoms with Crippen LogP contribution in [-0.2, 0) is 19.1 Å². The number of hydrogen-bond donors (Lipinski definition) is 1. The first-order valence-electron chi connectivity index (χ1n) is 37.7. The molecule has 0 aromatic heterocycles. The Morgan fingerprint density at radius 1 is 0.261 bits per heavy atom. The van der Waals surface area contributed by atoms with Crippen LogP contribution in [0.25, 0.3) is 0 Å². The molecule has 5 heteroatoms. The van der Waals surface area contributed by atoms with Crippen molar-refractivity contribution in [2.75, 3.05) is 13.2 Å². The van der Waals surface area contributed by atoms with Gasteiger partial charge in [0.1, 0.15) is 6.61 Å². The van der Waals surface area contributed by atoms with E-state index < -0.39 is 6.10 Å². The minimum Gasteiger partial charge on any atom is -0.462 e. The molecule has 0 aliphatic rings. The van der Waals surface area contributed by atoms with Crippen molar-refractivity contribution in [1.29, 1.82) is 0 Å². The van der Waals surface area contributed by atoms with Crippen LogP contribution in [0.15, 0.2) is 134 Å². The molecule has 0 aromatic rings. The maximum Gasteiger partial charge on any atom is 0.306 e. The summed E-state index contributed by atoms with van der Waals surface area (Å²) >= 11 is 0. The van der Waals surface area contributed by atoms with E-state index in [9.17, 15) is 14.7 Å². The zero-order valence-electron chi connectivity index (χ0n) is 58.0. The summed E-state index contributed by atoms with van der Waals surface area (Å²) in [7, 11) is 0. The third-order valence-corrected chi connectivity index (χ3v) is 16.4. The first-order valence-corrected chi connectivity index (χ1v) is 37.7. The van der Waals surface area contributed by atoms with Crippen LogP contribution in [0.1, 0.15) is 361 Å². The summed E-state index contributed by atoms with van der Waals surface area (Å²) in [5.41, 5.74) is 0. The van der Waals surface area contributed by atoms with Gasteiger partial charge in [0.2, 0.25) is 0 Å². The van der Waals surface area contributed by atoms with Crippen molar-refractivity contribution < 1.29 is 24.2 Å². The maximum atomic E-state index is 12.4. The largest absolute Gasteiger partial charge is 0.462 e. The molecule has 0 saturated carbocycles. The summed E-state index contributed by atoms with van der Waals surface area (Å²) in [5, 5.41) is 9.72. The second-order valence-electron chi connectivity index (χ2n) is 25.0. The Bertz CT molecular complexity index is 1770. The zero-order valence-corrected chi connectivity index (χ0v) is 58.0. The Kier molecular flexibility index (Phi) is 73.8. The fourth-order valence-electron chi connectivity index (χ4n) is 10.9. The van der Waals surface area contributed by atoms with Gasteiger partial charge in [-0.2, -0.15) is 0 Å². The fourth-order valence-corrected chi connectivity index (χ4v) is 10.9. The Hall–Kier alpha value is -3.96. The van der Waals surface area contributed by atoms with Crippen molar-refractivity contribution in [1.82, 2.24) is 0 Å². The second kappa shape index (κ2) is 77.3. The van der Waals surface area contributed by atoms with Gasteiger partial charge in [0.15, 0.2) is 6.10 Å². The lowest BCUT2D eigenvalue weighted by atomic mass is 10.0. The number of carbonyl (C=O) groups is 2. The molecular formula is C83H142O5. The highest BCUT2D eigenvalue weighted by Gasteiger charge is 2.16. The van der Waals surface area contributed by atoms with Gasteiger partial charge in [-0.15, -0.1) is 0 Å². The van der Waals surface area contributed by atoms with Crippen LogP contribution >= 0.6 is 0 Å².